The van der Waals surface area contributed by atoms with Crippen molar-refractivity contribution in [2.75, 3.05) is 5.32 Å². The molecule has 4 aromatic rings. The zero-order chi connectivity index (χ0) is 20.9. The molecule has 1 heterocycles. The van der Waals surface area contributed by atoms with Crippen LogP contribution in [0.3, 0.4) is 0 Å². The van der Waals surface area contributed by atoms with Crippen molar-refractivity contribution in [3.63, 3.8) is 0 Å². The average Bonchev–Trinajstić information content (AvgIpc) is 3.26. The number of carbonyl (C=O) groups excluding carboxylic acids is 1. The molecular weight excluding hydrogens is 406 g/mol. The summed E-state index contributed by atoms with van der Waals surface area (Å²) in [6.07, 6.45) is 0. The molecule has 0 spiro atoms. The Morgan fingerprint density at radius 2 is 1.70 bits per heavy atom. The van der Waals surface area contributed by atoms with Crippen molar-refractivity contribution in [3.8, 4) is 16.3 Å². The maximum absolute atomic E-state index is 13.7. The van der Waals surface area contributed by atoms with Crippen LogP contribution in [0.2, 0.25) is 0 Å². The highest BCUT2D eigenvalue weighted by Gasteiger charge is 2.14. The largest absolute Gasteiger partial charge is 0.489 e. The number of rotatable bonds is 6. The molecular formula is C23H16F2N2O2S. The highest BCUT2D eigenvalue weighted by atomic mass is 32.1. The van der Waals surface area contributed by atoms with Crippen LogP contribution in [0.25, 0.3) is 10.6 Å². The smallest absolute Gasteiger partial charge is 0.275 e. The lowest BCUT2D eigenvalue weighted by molar-refractivity contribution is 0.102. The Kier molecular flexibility index (Phi) is 5.81. The molecule has 4 nitrogen and oxygen atoms in total. The minimum absolute atomic E-state index is 0.111. The van der Waals surface area contributed by atoms with E-state index < -0.39 is 11.7 Å². The summed E-state index contributed by atoms with van der Waals surface area (Å²) in [5, 5.41) is 4.82. The number of aromatic nitrogens is 1. The molecule has 1 aromatic heterocycles. The van der Waals surface area contributed by atoms with Crippen molar-refractivity contribution in [1.82, 2.24) is 4.98 Å². The molecule has 0 saturated carbocycles. The Morgan fingerprint density at radius 3 is 2.43 bits per heavy atom. The van der Waals surface area contributed by atoms with Crippen LogP contribution in [0.5, 0.6) is 5.75 Å². The molecule has 0 saturated heterocycles. The number of anilines is 1. The molecule has 150 valence electrons. The number of amides is 1. The van der Waals surface area contributed by atoms with Crippen LogP contribution in [0, 0.1) is 11.6 Å². The molecule has 0 radical (unpaired) electrons. The number of halogens is 2. The fraction of sp³-hybridized carbons (Fsp3) is 0.0435. The van der Waals surface area contributed by atoms with E-state index >= 15 is 0 Å². The van der Waals surface area contributed by atoms with Crippen LogP contribution in [-0.4, -0.2) is 10.9 Å². The number of para-hydroxylation sites is 1. The van der Waals surface area contributed by atoms with Gasteiger partial charge in [0.25, 0.3) is 5.91 Å². The number of thiazole rings is 1. The van der Waals surface area contributed by atoms with E-state index in [4.69, 9.17) is 4.74 Å². The van der Waals surface area contributed by atoms with Crippen LogP contribution >= 0.6 is 11.3 Å². The average molecular weight is 422 g/mol. The first-order chi connectivity index (χ1) is 14.6. The first-order valence-corrected chi connectivity index (χ1v) is 9.95. The number of benzene rings is 3. The lowest BCUT2D eigenvalue weighted by Gasteiger charge is -2.07. The quantitative estimate of drug-likeness (QED) is 0.420. The van der Waals surface area contributed by atoms with Crippen molar-refractivity contribution in [3.05, 3.63) is 101 Å². The molecule has 0 aliphatic heterocycles. The van der Waals surface area contributed by atoms with Gasteiger partial charge in [-0.3, -0.25) is 4.79 Å². The fourth-order valence-corrected chi connectivity index (χ4v) is 3.51. The summed E-state index contributed by atoms with van der Waals surface area (Å²) in [6, 6.07) is 19.4. The molecule has 0 aliphatic rings. The van der Waals surface area contributed by atoms with Crippen molar-refractivity contribution < 1.29 is 18.3 Å². The van der Waals surface area contributed by atoms with Crippen LogP contribution in [-0.2, 0) is 6.61 Å². The summed E-state index contributed by atoms with van der Waals surface area (Å²) < 4.78 is 32.4. The number of nitrogens with zero attached hydrogens (tertiary/aromatic N) is 1. The summed E-state index contributed by atoms with van der Waals surface area (Å²) in [5.74, 6) is -0.593. The number of nitrogens with one attached hydrogen (secondary N) is 1. The Bertz CT molecular complexity index is 1160. The minimum atomic E-state index is -0.502. The lowest BCUT2D eigenvalue weighted by Crippen LogP contribution is -2.13. The van der Waals surface area contributed by atoms with E-state index in [0.717, 1.165) is 11.1 Å². The van der Waals surface area contributed by atoms with Gasteiger partial charge in [-0.2, -0.15) is 0 Å². The summed E-state index contributed by atoms with van der Waals surface area (Å²) in [5.41, 5.74) is 2.03. The standard InChI is InChI=1S/C23H16F2N2O2S/c24-17-9-5-15(6-10-17)13-29-18-11-7-16(8-12-18)23-27-21(14-30-23)22(28)26-20-4-2-1-3-19(20)25/h1-12,14H,13H2,(H,26,28). The van der Waals surface area contributed by atoms with Crippen molar-refractivity contribution >= 4 is 22.9 Å². The topological polar surface area (TPSA) is 51.2 Å². The highest BCUT2D eigenvalue weighted by molar-refractivity contribution is 7.13. The molecule has 4 rings (SSSR count). The summed E-state index contributed by atoms with van der Waals surface area (Å²) in [6.45, 7) is 0.331. The molecule has 1 N–H and O–H groups in total. The van der Waals surface area contributed by atoms with Crippen molar-refractivity contribution in [2.45, 2.75) is 6.61 Å². The second-order valence-corrected chi connectivity index (χ2v) is 7.27. The summed E-state index contributed by atoms with van der Waals surface area (Å²) in [4.78, 5) is 16.7. The third-order valence-corrected chi connectivity index (χ3v) is 5.17. The normalized spacial score (nSPS) is 10.6. The van der Waals surface area contributed by atoms with Crippen molar-refractivity contribution in [2.24, 2.45) is 0 Å². The Labute approximate surface area is 175 Å². The Hall–Kier alpha value is -3.58. The fourth-order valence-electron chi connectivity index (χ4n) is 2.70. The second-order valence-electron chi connectivity index (χ2n) is 6.41. The first kappa shape index (κ1) is 19.7. The monoisotopic (exact) mass is 422 g/mol. The van der Waals surface area contributed by atoms with Gasteiger partial charge in [-0.05, 0) is 54.1 Å². The van der Waals surface area contributed by atoms with Gasteiger partial charge in [0.2, 0.25) is 0 Å². The first-order valence-electron chi connectivity index (χ1n) is 9.07. The third kappa shape index (κ3) is 4.69. The highest BCUT2D eigenvalue weighted by Crippen LogP contribution is 2.26. The summed E-state index contributed by atoms with van der Waals surface area (Å²) >= 11 is 1.32. The van der Waals surface area contributed by atoms with E-state index in [1.165, 1.54) is 35.6 Å². The van der Waals surface area contributed by atoms with Gasteiger partial charge >= 0.3 is 0 Å². The van der Waals surface area contributed by atoms with E-state index in [2.05, 4.69) is 10.3 Å². The van der Waals surface area contributed by atoms with E-state index in [1.807, 2.05) is 12.1 Å². The number of hydrogen-bond acceptors (Lipinski definition) is 4. The second kappa shape index (κ2) is 8.84. The van der Waals surface area contributed by atoms with Gasteiger partial charge in [0.15, 0.2) is 0 Å². The minimum Gasteiger partial charge on any atom is -0.489 e. The molecule has 3 aromatic carbocycles. The zero-order valence-corrected chi connectivity index (χ0v) is 16.5. The maximum atomic E-state index is 13.7. The van der Waals surface area contributed by atoms with Crippen molar-refractivity contribution in [1.29, 1.82) is 0 Å². The molecule has 7 heteroatoms. The molecule has 1 amide bonds. The molecule has 0 fully saturated rings. The SMILES string of the molecule is O=C(Nc1ccccc1F)c1csc(-c2ccc(OCc3ccc(F)cc3)cc2)n1. The molecule has 0 atom stereocenters. The van der Waals surface area contributed by atoms with Crippen LogP contribution < -0.4 is 10.1 Å². The molecule has 0 bridgehead atoms. The van der Waals surface area contributed by atoms with Crippen LogP contribution in [0.4, 0.5) is 14.5 Å². The van der Waals surface area contributed by atoms with E-state index in [-0.39, 0.29) is 17.2 Å². The van der Waals surface area contributed by atoms with Gasteiger partial charge in [-0.15, -0.1) is 11.3 Å². The maximum Gasteiger partial charge on any atom is 0.275 e. The Balaban J connectivity index is 1.40. The van der Waals surface area contributed by atoms with E-state index in [9.17, 15) is 13.6 Å². The van der Waals surface area contributed by atoms with Gasteiger partial charge in [0.1, 0.15) is 34.7 Å². The van der Waals surface area contributed by atoms with Gasteiger partial charge in [-0.1, -0.05) is 24.3 Å². The van der Waals surface area contributed by atoms with Gasteiger partial charge in [0.05, 0.1) is 5.69 Å². The predicted molar refractivity (Wildman–Crippen MR) is 113 cm³/mol. The number of hydrogen-bond donors (Lipinski definition) is 1. The molecule has 30 heavy (non-hydrogen) atoms. The van der Waals surface area contributed by atoms with E-state index in [1.54, 1.807) is 41.8 Å². The van der Waals surface area contributed by atoms with E-state index in [0.29, 0.717) is 17.4 Å². The number of ether oxygens (including phenoxy) is 1. The predicted octanol–water partition coefficient (Wildman–Crippen LogP) is 5.92. The van der Waals surface area contributed by atoms with Gasteiger partial charge < -0.3 is 10.1 Å². The van der Waals surface area contributed by atoms with Crippen LogP contribution in [0.15, 0.2) is 78.2 Å². The van der Waals surface area contributed by atoms with Crippen LogP contribution in [0.1, 0.15) is 16.1 Å². The lowest BCUT2D eigenvalue weighted by atomic mass is 10.2. The molecule has 0 unspecified atom stereocenters. The summed E-state index contributed by atoms with van der Waals surface area (Å²) in [7, 11) is 0. The number of carbonyl (C=O) groups is 1. The third-order valence-electron chi connectivity index (χ3n) is 4.28. The van der Waals surface area contributed by atoms with Gasteiger partial charge in [-0.25, -0.2) is 13.8 Å². The van der Waals surface area contributed by atoms with Gasteiger partial charge in [0, 0.05) is 10.9 Å². The molecule has 0 aliphatic carbocycles. The zero-order valence-electron chi connectivity index (χ0n) is 15.6. The Morgan fingerprint density at radius 1 is 0.967 bits per heavy atom.